The Morgan fingerprint density at radius 2 is 2.22 bits per heavy atom. The zero-order valence-corrected chi connectivity index (χ0v) is 10.4. The monoisotopic (exact) mass is 248 g/mol. The second kappa shape index (κ2) is 6.52. The van der Waals surface area contributed by atoms with Crippen LogP contribution >= 0.6 is 0 Å². The zero-order valence-electron chi connectivity index (χ0n) is 10.4. The smallest absolute Gasteiger partial charge is 0.220 e. The van der Waals surface area contributed by atoms with E-state index in [0.717, 1.165) is 25.1 Å². The maximum Gasteiger partial charge on any atom is 0.220 e. The second-order valence-corrected chi connectivity index (χ2v) is 4.78. The van der Waals surface area contributed by atoms with Crippen LogP contribution in [-0.4, -0.2) is 30.7 Å². The number of amides is 1. The Hall–Kier alpha value is -1.39. The van der Waals surface area contributed by atoms with Crippen LogP contribution in [0.15, 0.2) is 30.3 Å². The summed E-state index contributed by atoms with van der Waals surface area (Å²) < 4.78 is 0. The number of aliphatic hydroxyl groups excluding tert-OH is 1. The van der Waals surface area contributed by atoms with E-state index in [0.29, 0.717) is 12.3 Å². The van der Waals surface area contributed by atoms with Crippen molar-refractivity contribution in [2.24, 2.45) is 5.92 Å². The van der Waals surface area contributed by atoms with Crippen molar-refractivity contribution in [1.29, 1.82) is 0 Å². The zero-order chi connectivity index (χ0) is 12.8. The molecule has 18 heavy (non-hydrogen) atoms. The molecule has 3 N–H and O–H groups in total. The standard InChI is InChI=1S/C14H20N2O2/c17-10-13(12-4-2-1-3-5-12)16-14(18)8-11-6-7-15-9-11/h1-5,11,13,15,17H,6-10H2,(H,16,18). The lowest BCUT2D eigenvalue weighted by Gasteiger charge is -2.18. The van der Waals surface area contributed by atoms with Crippen molar-refractivity contribution in [2.45, 2.75) is 18.9 Å². The summed E-state index contributed by atoms with van der Waals surface area (Å²) >= 11 is 0. The van der Waals surface area contributed by atoms with Gasteiger partial charge in [-0.3, -0.25) is 4.79 Å². The molecular formula is C14H20N2O2. The van der Waals surface area contributed by atoms with Gasteiger partial charge in [0.1, 0.15) is 0 Å². The van der Waals surface area contributed by atoms with Gasteiger partial charge in [0.15, 0.2) is 0 Å². The molecule has 0 aromatic heterocycles. The minimum absolute atomic E-state index is 0.0200. The van der Waals surface area contributed by atoms with Crippen molar-refractivity contribution in [3.8, 4) is 0 Å². The van der Waals surface area contributed by atoms with Crippen molar-refractivity contribution < 1.29 is 9.90 Å². The molecule has 0 aliphatic carbocycles. The Bertz CT molecular complexity index is 375. The van der Waals surface area contributed by atoms with Gasteiger partial charge in [0.25, 0.3) is 0 Å². The molecule has 0 bridgehead atoms. The molecule has 1 aromatic carbocycles. The molecule has 0 spiro atoms. The molecule has 1 aliphatic heterocycles. The van der Waals surface area contributed by atoms with Crippen LogP contribution in [0.5, 0.6) is 0 Å². The van der Waals surface area contributed by atoms with Gasteiger partial charge in [-0.1, -0.05) is 30.3 Å². The first kappa shape index (κ1) is 13.1. The number of rotatable bonds is 5. The Morgan fingerprint density at radius 1 is 1.44 bits per heavy atom. The normalized spacial score (nSPS) is 20.6. The van der Waals surface area contributed by atoms with Gasteiger partial charge in [-0.05, 0) is 31.0 Å². The van der Waals surface area contributed by atoms with E-state index in [9.17, 15) is 9.90 Å². The molecule has 2 unspecified atom stereocenters. The number of aliphatic hydroxyl groups is 1. The van der Waals surface area contributed by atoms with Crippen LogP contribution in [0.3, 0.4) is 0 Å². The van der Waals surface area contributed by atoms with E-state index in [1.165, 1.54) is 0 Å². The quantitative estimate of drug-likeness (QED) is 0.723. The second-order valence-electron chi connectivity index (χ2n) is 4.78. The summed E-state index contributed by atoms with van der Waals surface area (Å²) in [6.45, 7) is 1.85. The summed E-state index contributed by atoms with van der Waals surface area (Å²) in [5.41, 5.74) is 0.942. The SMILES string of the molecule is O=C(CC1CCNC1)NC(CO)c1ccccc1. The molecular weight excluding hydrogens is 228 g/mol. The summed E-state index contributed by atoms with van der Waals surface area (Å²) in [5, 5.41) is 15.5. The van der Waals surface area contributed by atoms with E-state index in [1.807, 2.05) is 30.3 Å². The Labute approximate surface area is 107 Å². The number of hydrogen-bond donors (Lipinski definition) is 3. The summed E-state index contributed by atoms with van der Waals surface area (Å²) in [4.78, 5) is 11.9. The minimum atomic E-state index is -0.298. The molecule has 0 saturated carbocycles. The molecule has 4 heteroatoms. The minimum Gasteiger partial charge on any atom is -0.394 e. The summed E-state index contributed by atoms with van der Waals surface area (Å²) in [5.74, 6) is 0.451. The average Bonchev–Trinajstić information content (AvgIpc) is 2.90. The fourth-order valence-electron chi connectivity index (χ4n) is 2.32. The van der Waals surface area contributed by atoms with Crippen LogP contribution in [0.1, 0.15) is 24.4 Å². The Kier molecular flexibility index (Phi) is 4.73. The van der Waals surface area contributed by atoms with Crippen molar-refractivity contribution in [2.75, 3.05) is 19.7 Å². The highest BCUT2D eigenvalue weighted by Crippen LogP contribution is 2.15. The van der Waals surface area contributed by atoms with Crippen LogP contribution in [0.25, 0.3) is 0 Å². The topological polar surface area (TPSA) is 61.4 Å². The third-order valence-corrected chi connectivity index (χ3v) is 3.36. The van der Waals surface area contributed by atoms with Gasteiger partial charge in [0, 0.05) is 6.42 Å². The van der Waals surface area contributed by atoms with Crippen molar-refractivity contribution in [3.63, 3.8) is 0 Å². The lowest BCUT2D eigenvalue weighted by atomic mass is 10.0. The molecule has 2 atom stereocenters. The average molecular weight is 248 g/mol. The molecule has 4 nitrogen and oxygen atoms in total. The maximum atomic E-state index is 11.9. The highest BCUT2D eigenvalue weighted by Gasteiger charge is 2.20. The number of hydrogen-bond acceptors (Lipinski definition) is 3. The number of carbonyl (C=O) groups excluding carboxylic acids is 1. The summed E-state index contributed by atoms with van der Waals surface area (Å²) in [7, 11) is 0. The van der Waals surface area contributed by atoms with E-state index >= 15 is 0 Å². The molecule has 1 aliphatic rings. The van der Waals surface area contributed by atoms with Crippen molar-refractivity contribution >= 4 is 5.91 Å². The van der Waals surface area contributed by atoms with Crippen LogP contribution in [0, 0.1) is 5.92 Å². The third kappa shape index (κ3) is 3.55. The number of nitrogens with one attached hydrogen (secondary N) is 2. The van der Waals surface area contributed by atoms with E-state index in [2.05, 4.69) is 10.6 Å². The van der Waals surface area contributed by atoms with E-state index in [-0.39, 0.29) is 18.6 Å². The molecule has 1 amide bonds. The number of benzene rings is 1. The largest absolute Gasteiger partial charge is 0.394 e. The highest BCUT2D eigenvalue weighted by atomic mass is 16.3. The van der Waals surface area contributed by atoms with E-state index in [1.54, 1.807) is 0 Å². The predicted molar refractivity (Wildman–Crippen MR) is 70.0 cm³/mol. The number of carbonyl (C=O) groups is 1. The van der Waals surface area contributed by atoms with Gasteiger partial charge < -0.3 is 15.7 Å². The maximum absolute atomic E-state index is 11.9. The first-order valence-corrected chi connectivity index (χ1v) is 6.45. The highest BCUT2D eigenvalue weighted by molar-refractivity contribution is 5.76. The van der Waals surface area contributed by atoms with Gasteiger partial charge in [-0.25, -0.2) is 0 Å². The molecule has 1 saturated heterocycles. The Balaban J connectivity index is 1.87. The van der Waals surface area contributed by atoms with Crippen LogP contribution in [-0.2, 0) is 4.79 Å². The van der Waals surface area contributed by atoms with Gasteiger partial charge in [-0.2, -0.15) is 0 Å². The van der Waals surface area contributed by atoms with Gasteiger partial charge >= 0.3 is 0 Å². The molecule has 0 radical (unpaired) electrons. The van der Waals surface area contributed by atoms with Crippen molar-refractivity contribution in [3.05, 3.63) is 35.9 Å². The third-order valence-electron chi connectivity index (χ3n) is 3.36. The van der Waals surface area contributed by atoms with Crippen molar-refractivity contribution in [1.82, 2.24) is 10.6 Å². The lowest BCUT2D eigenvalue weighted by molar-refractivity contribution is -0.123. The Morgan fingerprint density at radius 3 is 2.83 bits per heavy atom. The van der Waals surface area contributed by atoms with E-state index < -0.39 is 0 Å². The van der Waals surface area contributed by atoms with Crippen LogP contribution in [0.2, 0.25) is 0 Å². The fraction of sp³-hybridized carbons (Fsp3) is 0.500. The fourth-order valence-corrected chi connectivity index (χ4v) is 2.32. The van der Waals surface area contributed by atoms with Crippen LogP contribution in [0.4, 0.5) is 0 Å². The first-order chi connectivity index (χ1) is 8.79. The van der Waals surface area contributed by atoms with Gasteiger partial charge in [0.2, 0.25) is 5.91 Å². The van der Waals surface area contributed by atoms with Gasteiger partial charge in [-0.15, -0.1) is 0 Å². The molecule has 1 heterocycles. The molecule has 2 rings (SSSR count). The van der Waals surface area contributed by atoms with Gasteiger partial charge in [0.05, 0.1) is 12.6 Å². The molecule has 1 aromatic rings. The predicted octanol–water partition coefficient (Wildman–Crippen LogP) is 0.836. The van der Waals surface area contributed by atoms with E-state index in [4.69, 9.17) is 0 Å². The van der Waals surface area contributed by atoms with Crippen LogP contribution < -0.4 is 10.6 Å². The lowest BCUT2D eigenvalue weighted by Crippen LogP contribution is -2.32. The molecule has 98 valence electrons. The summed E-state index contributed by atoms with van der Waals surface area (Å²) in [6.07, 6.45) is 1.60. The molecule has 1 fully saturated rings. The first-order valence-electron chi connectivity index (χ1n) is 6.45. The summed E-state index contributed by atoms with van der Waals surface area (Å²) in [6, 6.07) is 9.27.